The van der Waals surface area contributed by atoms with Crippen molar-refractivity contribution in [2.24, 2.45) is 0 Å². The molecule has 0 aliphatic heterocycles. The van der Waals surface area contributed by atoms with E-state index in [1.807, 2.05) is 12.2 Å². The lowest BCUT2D eigenvalue weighted by Gasteiger charge is -1.95. The molecular weight excluding hydrogens is 124 g/mol. The summed E-state index contributed by atoms with van der Waals surface area (Å²) in [4.78, 5) is 10.9. The molecule has 1 heteroatoms. The van der Waals surface area contributed by atoms with Crippen molar-refractivity contribution in [3.05, 3.63) is 23.8 Å². The normalized spacial score (nSPS) is 16.1. The van der Waals surface area contributed by atoms with Gasteiger partial charge in [-0.25, -0.2) is 0 Å². The van der Waals surface area contributed by atoms with Gasteiger partial charge in [0.05, 0.1) is 0 Å². The molecular formula is C9H12O. The first-order valence-corrected chi connectivity index (χ1v) is 3.76. The van der Waals surface area contributed by atoms with Crippen molar-refractivity contribution in [2.75, 3.05) is 0 Å². The Kier molecular flexibility index (Phi) is 2.43. The zero-order valence-corrected chi connectivity index (χ0v) is 6.26. The lowest BCUT2D eigenvalue weighted by Crippen LogP contribution is -1.93. The number of unbranched alkanes of at least 4 members (excludes halogenated alkanes) is 1. The maximum Gasteiger partial charge on any atom is 0.181 e. The summed E-state index contributed by atoms with van der Waals surface area (Å²) in [5.74, 6) is 0.202. The predicted molar refractivity (Wildman–Crippen MR) is 41.8 cm³/mol. The third-order valence-electron chi connectivity index (χ3n) is 1.66. The van der Waals surface area contributed by atoms with E-state index in [0.29, 0.717) is 0 Å². The van der Waals surface area contributed by atoms with E-state index in [1.54, 1.807) is 6.08 Å². The summed E-state index contributed by atoms with van der Waals surface area (Å²) in [5.41, 5.74) is 0.974. The minimum atomic E-state index is 0.202. The minimum absolute atomic E-state index is 0.202. The van der Waals surface area contributed by atoms with Gasteiger partial charge >= 0.3 is 0 Å². The van der Waals surface area contributed by atoms with E-state index >= 15 is 0 Å². The van der Waals surface area contributed by atoms with Gasteiger partial charge in [0.15, 0.2) is 5.78 Å². The van der Waals surface area contributed by atoms with Crippen LogP contribution in [0.1, 0.15) is 26.2 Å². The van der Waals surface area contributed by atoms with Crippen molar-refractivity contribution in [1.29, 1.82) is 0 Å². The summed E-state index contributed by atoms with van der Waals surface area (Å²) >= 11 is 0. The number of ketones is 1. The van der Waals surface area contributed by atoms with E-state index in [-0.39, 0.29) is 5.78 Å². The molecule has 0 radical (unpaired) electrons. The van der Waals surface area contributed by atoms with Crippen LogP contribution in [0.15, 0.2) is 23.8 Å². The van der Waals surface area contributed by atoms with Crippen molar-refractivity contribution in [3.8, 4) is 0 Å². The van der Waals surface area contributed by atoms with Gasteiger partial charge in [-0.3, -0.25) is 4.79 Å². The van der Waals surface area contributed by atoms with Crippen LogP contribution in [0.4, 0.5) is 0 Å². The molecule has 0 heterocycles. The van der Waals surface area contributed by atoms with Gasteiger partial charge in [-0.15, -0.1) is 0 Å². The molecule has 0 saturated carbocycles. The molecule has 0 aromatic rings. The lowest BCUT2D eigenvalue weighted by molar-refractivity contribution is -0.111. The highest BCUT2D eigenvalue weighted by molar-refractivity contribution is 6.06. The monoisotopic (exact) mass is 136 g/mol. The van der Waals surface area contributed by atoms with Crippen LogP contribution in [0.3, 0.4) is 0 Å². The SMILES string of the molecule is CCCCC1=CC=CC1=O. The second-order valence-corrected chi connectivity index (χ2v) is 2.52. The second-order valence-electron chi connectivity index (χ2n) is 2.52. The van der Waals surface area contributed by atoms with Crippen molar-refractivity contribution in [1.82, 2.24) is 0 Å². The molecule has 0 bridgehead atoms. The van der Waals surface area contributed by atoms with E-state index in [1.165, 1.54) is 0 Å². The van der Waals surface area contributed by atoms with E-state index in [9.17, 15) is 4.79 Å². The predicted octanol–water partition coefficient (Wildman–Crippen LogP) is 2.24. The van der Waals surface area contributed by atoms with Crippen LogP contribution in [0, 0.1) is 0 Å². The molecule has 54 valence electrons. The number of carbonyl (C=O) groups excluding carboxylic acids is 1. The van der Waals surface area contributed by atoms with Gasteiger partial charge in [-0.1, -0.05) is 25.5 Å². The topological polar surface area (TPSA) is 17.1 Å². The molecule has 0 fully saturated rings. The van der Waals surface area contributed by atoms with Gasteiger partial charge in [0.1, 0.15) is 0 Å². The zero-order valence-electron chi connectivity index (χ0n) is 6.26. The quantitative estimate of drug-likeness (QED) is 0.581. The van der Waals surface area contributed by atoms with Crippen LogP contribution in [0.2, 0.25) is 0 Å². The Hall–Kier alpha value is -0.850. The van der Waals surface area contributed by atoms with Crippen LogP contribution < -0.4 is 0 Å². The molecule has 1 aliphatic rings. The summed E-state index contributed by atoms with van der Waals surface area (Å²) in [5, 5.41) is 0. The fourth-order valence-electron chi connectivity index (χ4n) is 1.01. The van der Waals surface area contributed by atoms with Crippen LogP contribution in [-0.2, 0) is 4.79 Å². The summed E-state index contributed by atoms with van der Waals surface area (Å²) in [6.07, 6.45) is 8.60. The third-order valence-corrected chi connectivity index (χ3v) is 1.66. The standard InChI is InChI=1S/C9H12O/c1-2-3-5-8-6-4-7-9(8)10/h4,6-7H,2-3,5H2,1H3. The van der Waals surface area contributed by atoms with Crippen molar-refractivity contribution < 1.29 is 4.79 Å². The molecule has 0 saturated heterocycles. The first-order chi connectivity index (χ1) is 4.84. The highest BCUT2D eigenvalue weighted by Gasteiger charge is 2.07. The Morgan fingerprint density at radius 2 is 2.30 bits per heavy atom. The van der Waals surface area contributed by atoms with Gasteiger partial charge in [-0.2, -0.15) is 0 Å². The molecule has 0 spiro atoms. The highest BCUT2D eigenvalue weighted by atomic mass is 16.1. The molecule has 0 aromatic carbocycles. The third kappa shape index (κ3) is 1.56. The van der Waals surface area contributed by atoms with Crippen molar-refractivity contribution >= 4 is 5.78 Å². The number of carbonyl (C=O) groups is 1. The Bertz CT molecular complexity index is 187. The van der Waals surface area contributed by atoms with Gasteiger partial charge in [0.2, 0.25) is 0 Å². The average Bonchev–Trinajstić information content (AvgIpc) is 2.31. The van der Waals surface area contributed by atoms with Gasteiger partial charge in [0, 0.05) is 0 Å². The number of hydrogen-bond donors (Lipinski definition) is 0. The molecule has 0 unspecified atom stereocenters. The van der Waals surface area contributed by atoms with Crippen LogP contribution in [0.5, 0.6) is 0 Å². The Morgan fingerprint density at radius 3 is 2.80 bits per heavy atom. The highest BCUT2D eigenvalue weighted by Crippen LogP contribution is 2.13. The number of rotatable bonds is 3. The lowest BCUT2D eigenvalue weighted by atomic mass is 10.1. The van der Waals surface area contributed by atoms with Crippen LogP contribution in [0.25, 0.3) is 0 Å². The molecule has 1 nitrogen and oxygen atoms in total. The summed E-state index contributed by atoms with van der Waals surface area (Å²) in [6, 6.07) is 0. The Balaban J connectivity index is 2.37. The Morgan fingerprint density at radius 1 is 1.50 bits per heavy atom. The van der Waals surface area contributed by atoms with Gasteiger partial charge in [0.25, 0.3) is 0 Å². The molecule has 10 heavy (non-hydrogen) atoms. The average molecular weight is 136 g/mol. The zero-order chi connectivity index (χ0) is 7.40. The number of allylic oxidation sites excluding steroid dienone is 4. The van der Waals surface area contributed by atoms with E-state index in [0.717, 1.165) is 24.8 Å². The van der Waals surface area contributed by atoms with E-state index in [4.69, 9.17) is 0 Å². The fraction of sp³-hybridized carbons (Fsp3) is 0.444. The molecule has 0 N–H and O–H groups in total. The fourth-order valence-corrected chi connectivity index (χ4v) is 1.01. The van der Waals surface area contributed by atoms with E-state index in [2.05, 4.69) is 6.92 Å². The largest absolute Gasteiger partial charge is 0.290 e. The van der Waals surface area contributed by atoms with Gasteiger partial charge in [-0.05, 0) is 24.5 Å². The summed E-state index contributed by atoms with van der Waals surface area (Å²) in [7, 11) is 0. The number of hydrogen-bond acceptors (Lipinski definition) is 1. The van der Waals surface area contributed by atoms with E-state index < -0.39 is 0 Å². The summed E-state index contributed by atoms with van der Waals surface area (Å²) < 4.78 is 0. The second kappa shape index (κ2) is 3.35. The van der Waals surface area contributed by atoms with Crippen molar-refractivity contribution in [2.45, 2.75) is 26.2 Å². The first kappa shape index (κ1) is 7.26. The Labute approximate surface area is 61.4 Å². The maximum absolute atomic E-state index is 10.9. The molecule has 1 rings (SSSR count). The molecule has 0 amide bonds. The first-order valence-electron chi connectivity index (χ1n) is 3.76. The molecule has 1 aliphatic carbocycles. The molecule has 0 aromatic heterocycles. The minimum Gasteiger partial charge on any atom is -0.290 e. The van der Waals surface area contributed by atoms with Crippen LogP contribution >= 0.6 is 0 Å². The molecule has 0 atom stereocenters. The smallest absolute Gasteiger partial charge is 0.181 e. The van der Waals surface area contributed by atoms with Crippen LogP contribution in [-0.4, -0.2) is 5.78 Å². The maximum atomic E-state index is 10.9. The summed E-state index contributed by atoms with van der Waals surface area (Å²) in [6.45, 7) is 2.13. The van der Waals surface area contributed by atoms with Crippen molar-refractivity contribution in [3.63, 3.8) is 0 Å². The van der Waals surface area contributed by atoms with Gasteiger partial charge < -0.3 is 0 Å².